The van der Waals surface area contributed by atoms with Crippen LogP contribution in [0.1, 0.15) is 0 Å². The Hall–Kier alpha value is -5.08. The third-order valence-electron chi connectivity index (χ3n) is 8.45. The number of furan rings is 1. The minimum atomic E-state index is 0.312. The van der Waals surface area contributed by atoms with Crippen molar-refractivity contribution >= 4 is 83.6 Å². The van der Waals surface area contributed by atoms with Crippen LogP contribution < -0.4 is 4.90 Å². The number of nitrogens with zero attached hydrogens (tertiary/aromatic N) is 1. The van der Waals surface area contributed by atoms with Gasteiger partial charge in [-0.05, 0) is 0 Å². The molecule has 2 aromatic heterocycles. The molecule has 0 spiro atoms. The number of hydrogen-bond acceptors (Lipinski definition) is 2. The van der Waals surface area contributed by atoms with Crippen molar-refractivity contribution in [1.29, 1.82) is 0 Å². The van der Waals surface area contributed by atoms with Crippen molar-refractivity contribution in [3.05, 3.63) is 152 Å². The van der Waals surface area contributed by atoms with E-state index in [1.54, 1.807) is 0 Å². The van der Waals surface area contributed by atoms with Crippen molar-refractivity contribution in [2.75, 3.05) is 4.90 Å². The second kappa shape index (κ2) is 9.74. The minimum Gasteiger partial charge on any atom is -0.0617 e. The Labute approximate surface area is 254 Å². The van der Waals surface area contributed by atoms with E-state index in [1.165, 1.54) is 41.2 Å². The van der Waals surface area contributed by atoms with Gasteiger partial charge < -0.3 is 0 Å². The van der Waals surface area contributed by atoms with E-state index in [0.717, 1.165) is 39.0 Å². The molecule has 0 unspecified atom stereocenters. The molecular weight excluding hydrogens is 589 g/mol. The molecule has 0 radical (unpaired) electrons. The fourth-order valence-electron chi connectivity index (χ4n) is 6.37. The first kappa shape index (κ1) is 24.5. The second-order valence-corrected chi connectivity index (χ2v) is 13.2. The standard InChI is InChI=1S/C40H25NOSe/c1-2-8-26(9-3-1)27-14-17-29(18-15-27)41(31-20-23-34-33-10-4-6-12-37(33)42-38(34)25-31)30-19-22-32-28(24-30)16-21-36-35-11-5-7-13-39(35)43-40(32)36/h1-25H. The predicted molar refractivity (Wildman–Crippen MR) is 183 cm³/mol. The molecule has 0 atom stereocenters. The van der Waals surface area contributed by atoms with E-state index >= 15 is 0 Å². The molecule has 2 nitrogen and oxygen atoms in total. The molecule has 0 bridgehead atoms. The number of fused-ring (bicyclic) bond motifs is 8. The first-order valence-corrected chi connectivity index (χ1v) is 16.2. The maximum atomic E-state index is 6.32. The smallest absolute Gasteiger partial charge is 0.0617 e. The summed E-state index contributed by atoms with van der Waals surface area (Å²) in [5.74, 6) is 0. The summed E-state index contributed by atoms with van der Waals surface area (Å²) in [5, 5.41) is 7.67. The van der Waals surface area contributed by atoms with Gasteiger partial charge in [0.05, 0.1) is 0 Å². The Morgan fingerprint density at radius 1 is 0.419 bits per heavy atom. The zero-order chi connectivity index (χ0) is 28.3. The average Bonchev–Trinajstić information content (AvgIpc) is 3.64. The van der Waals surface area contributed by atoms with Crippen molar-refractivity contribution < 1.29 is 4.42 Å². The van der Waals surface area contributed by atoms with E-state index in [2.05, 4.69) is 144 Å². The zero-order valence-corrected chi connectivity index (χ0v) is 24.9. The van der Waals surface area contributed by atoms with Crippen LogP contribution >= 0.6 is 0 Å². The summed E-state index contributed by atoms with van der Waals surface area (Å²) in [6.07, 6.45) is 0. The monoisotopic (exact) mass is 615 g/mol. The van der Waals surface area contributed by atoms with Crippen LogP contribution in [0.5, 0.6) is 0 Å². The van der Waals surface area contributed by atoms with Crippen LogP contribution in [0, 0.1) is 0 Å². The van der Waals surface area contributed by atoms with Gasteiger partial charge in [-0.15, -0.1) is 0 Å². The molecule has 0 saturated carbocycles. The van der Waals surface area contributed by atoms with E-state index in [4.69, 9.17) is 4.42 Å². The molecule has 43 heavy (non-hydrogen) atoms. The molecule has 202 valence electrons. The molecule has 9 rings (SSSR count). The van der Waals surface area contributed by atoms with E-state index in [-0.39, 0.29) is 0 Å². The topological polar surface area (TPSA) is 16.4 Å². The quantitative estimate of drug-likeness (QED) is 0.183. The Balaban J connectivity index is 1.22. The minimum absolute atomic E-state index is 0.312. The Bertz CT molecular complexity index is 2450. The third kappa shape index (κ3) is 4.01. The number of hydrogen-bond donors (Lipinski definition) is 0. The van der Waals surface area contributed by atoms with Gasteiger partial charge >= 0.3 is 225 Å². The molecule has 3 heteroatoms. The maximum absolute atomic E-state index is 6.32. The molecular formula is C40H25NOSe. The number of anilines is 3. The molecule has 9 aromatic rings. The summed E-state index contributed by atoms with van der Waals surface area (Å²) in [6, 6.07) is 54.6. The molecule has 0 aliphatic heterocycles. The Morgan fingerprint density at radius 3 is 1.91 bits per heavy atom. The van der Waals surface area contributed by atoms with Gasteiger partial charge in [-0.1, -0.05) is 30.3 Å². The number of benzene rings is 7. The molecule has 0 saturated heterocycles. The van der Waals surface area contributed by atoms with Gasteiger partial charge in [-0.3, -0.25) is 0 Å². The average molecular weight is 615 g/mol. The van der Waals surface area contributed by atoms with Crippen LogP contribution in [0.3, 0.4) is 0 Å². The third-order valence-corrected chi connectivity index (χ3v) is 11.0. The van der Waals surface area contributed by atoms with Crippen LogP contribution in [-0.4, -0.2) is 14.5 Å². The van der Waals surface area contributed by atoms with Gasteiger partial charge in [0, 0.05) is 0 Å². The molecule has 0 N–H and O–H groups in total. The van der Waals surface area contributed by atoms with E-state index < -0.39 is 0 Å². The van der Waals surface area contributed by atoms with Crippen molar-refractivity contribution in [2.24, 2.45) is 0 Å². The second-order valence-electron chi connectivity index (χ2n) is 11.0. The van der Waals surface area contributed by atoms with Gasteiger partial charge in [0.2, 0.25) is 0 Å². The summed E-state index contributed by atoms with van der Waals surface area (Å²) in [6.45, 7) is 0. The van der Waals surface area contributed by atoms with E-state index in [1.807, 2.05) is 12.1 Å². The van der Waals surface area contributed by atoms with Crippen molar-refractivity contribution in [3.8, 4) is 11.1 Å². The van der Waals surface area contributed by atoms with Crippen LogP contribution in [0.2, 0.25) is 0 Å². The van der Waals surface area contributed by atoms with E-state index in [0.29, 0.717) is 14.5 Å². The summed E-state index contributed by atoms with van der Waals surface area (Å²) in [5.41, 5.74) is 7.51. The number of rotatable bonds is 4. The zero-order valence-electron chi connectivity index (χ0n) is 23.2. The molecule has 0 aliphatic rings. The summed E-state index contributed by atoms with van der Waals surface area (Å²) >= 11 is 0.312. The van der Waals surface area contributed by atoms with Crippen molar-refractivity contribution in [1.82, 2.24) is 0 Å². The van der Waals surface area contributed by atoms with Crippen LogP contribution in [0.15, 0.2) is 156 Å². The predicted octanol–water partition coefficient (Wildman–Crippen LogP) is 11.2. The summed E-state index contributed by atoms with van der Waals surface area (Å²) in [4.78, 5) is 2.34. The first-order chi connectivity index (χ1) is 21.3. The normalized spacial score (nSPS) is 11.7. The molecule has 0 aliphatic carbocycles. The van der Waals surface area contributed by atoms with Crippen LogP contribution in [0.25, 0.3) is 63.1 Å². The first-order valence-electron chi connectivity index (χ1n) is 14.5. The van der Waals surface area contributed by atoms with Gasteiger partial charge in [0.25, 0.3) is 0 Å². The summed E-state index contributed by atoms with van der Waals surface area (Å²) < 4.78 is 9.28. The molecule has 0 fully saturated rings. The van der Waals surface area contributed by atoms with Crippen LogP contribution in [0.4, 0.5) is 17.1 Å². The molecule has 2 heterocycles. The summed E-state index contributed by atoms with van der Waals surface area (Å²) in [7, 11) is 0. The fourth-order valence-corrected chi connectivity index (χ4v) is 8.97. The van der Waals surface area contributed by atoms with Crippen molar-refractivity contribution in [3.63, 3.8) is 0 Å². The van der Waals surface area contributed by atoms with Gasteiger partial charge in [0.15, 0.2) is 0 Å². The SMILES string of the molecule is c1ccc(-c2ccc(N(c3ccc4c(ccc5c6ccccc6[se]c45)c3)c3ccc4c(c3)oc3ccccc34)cc2)cc1. The molecule has 7 aromatic carbocycles. The van der Waals surface area contributed by atoms with Gasteiger partial charge in [-0.2, -0.15) is 0 Å². The molecule has 0 amide bonds. The Kier molecular flexibility index (Phi) is 5.55. The van der Waals surface area contributed by atoms with E-state index in [9.17, 15) is 0 Å². The fraction of sp³-hybridized carbons (Fsp3) is 0. The Morgan fingerprint density at radius 2 is 1.05 bits per heavy atom. The van der Waals surface area contributed by atoms with Gasteiger partial charge in [-0.25, -0.2) is 0 Å². The van der Waals surface area contributed by atoms with Gasteiger partial charge in [0.1, 0.15) is 0 Å². The van der Waals surface area contributed by atoms with Crippen LogP contribution in [-0.2, 0) is 0 Å². The number of para-hydroxylation sites is 1. The van der Waals surface area contributed by atoms with Crippen molar-refractivity contribution in [2.45, 2.75) is 0 Å².